The summed E-state index contributed by atoms with van der Waals surface area (Å²) in [6.45, 7) is 4.58. The molecule has 3 saturated heterocycles. The van der Waals surface area contributed by atoms with E-state index in [9.17, 15) is 66.3 Å². The SMILES string of the molecule is CC(C)(C)C(NC(=O)c1cc2cc(C(F)(F)P(=O)(O)O)ccc2s1)C(=O)N1CCN(C(=O)CC(=O)NCC#Cc2cccc3c2C(=O)N(C2CCC(=O)NC2=O)C3=O)C[C@H]1C(=O)N1CCO[C@H](c2ccccc2)C1. The largest absolute Gasteiger partial charge is 0.399 e. The number of hydrogen-bond donors (Lipinski definition) is 5. The number of benzene rings is 3. The number of rotatable bonds is 11. The summed E-state index contributed by atoms with van der Waals surface area (Å²) >= 11 is 0.900. The molecule has 5 N–H and O–H groups in total. The van der Waals surface area contributed by atoms with Crippen molar-refractivity contribution >= 4 is 82.2 Å². The number of halogens is 2. The Hall–Kier alpha value is -7.22. The Morgan fingerprint density at radius 1 is 0.919 bits per heavy atom. The number of piperidine rings is 1. The minimum atomic E-state index is -5.88. The molecule has 4 aliphatic heterocycles. The zero-order valence-electron chi connectivity index (χ0n) is 40.1. The zero-order valence-corrected chi connectivity index (χ0v) is 41.8. The molecule has 0 saturated carbocycles. The fraction of sp³-hybridized carbons (Fsp3) is 0.380. The number of imide groups is 2. The van der Waals surface area contributed by atoms with Crippen molar-refractivity contribution in [1.29, 1.82) is 0 Å². The summed E-state index contributed by atoms with van der Waals surface area (Å²) in [5.41, 5.74) is -5.48. The van der Waals surface area contributed by atoms with E-state index in [4.69, 9.17) is 4.74 Å². The van der Waals surface area contributed by atoms with Gasteiger partial charge < -0.3 is 39.9 Å². The highest BCUT2D eigenvalue weighted by molar-refractivity contribution is 7.52. The number of hydrogen-bond acceptors (Lipinski definition) is 12. The number of amides is 9. The summed E-state index contributed by atoms with van der Waals surface area (Å²) in [5.74, 6) is -0.609. The molecule has 9 amide bonds. The van der Waals surface area contributed by atoms with E-state index in [0.29, 0.717) is 4.70 Å². The monoisotopic (exact) mass is 1060 g/mol. The van der Waals surface area contributed by atoms with Gasteiger partial charge in [-0.2, -0.15) is 8.78 Å². The summed E-state index contributed by atoms with van der Waals surface area (Å²) in [6, 6.07) is 14.1. The molecule has 74 heavy (non-hydrogen) atoms. The van der Waals surface area contributed by atoms with Gasteiger partial charge in [-0.1, -0.05) is 75.1 Å². The van der Waals surface area contributed by atoms with Crippen LogP contribution >= 0.6 is 18.9 Å². The summed E-state index contributed by atoms with van der Waals surface area (Å²) in [5, 5.41) is 7.54. The quantitative estimate of drug-likeness (QED) is 0.0627. The first kappa shape index (κ1) is 53.1. The molecule has 4 aromatic rings. The Bertz CT molecular complexity index is 3110. The van der Waals surface area contributed by atoms with Crippen LogP contribution < -0.4 is 16.0 Å². The van der Waals surface area contributed by atoms with Gasteiger partial charge in [0.25, 0.3) is 17.7 Å². The maximum Gasteiger partial charge on any atom is 0.399 e. The van der Waals surface area contributed by atoms with Gasteiger partial charge in [-0.3, -0.25) is 57.9 Å². The number of carbonyl (C=O) groups excluding carboxylic acids is 9. The molecule has 4 aliphatic rings. The lowest BCUT2D eigenvalue weighted by Crippen LogP contribution is -2.66. The van der Waals surface area contributed by atoms with Crippen molar-refractivity contribution in [3.8, 4) is 11.8 Å². The highest BCUT2D eigenvalue weighted by Gasteiger charge is 2.51. The first-order chi connectivity index (χ1) is 34.9. The third kappa shape index (κ3) is 10.9. The summed E-state index contributed by atoms with van der Waals surface area (Å²) in [4.78, 5) is 145. The second kappa shape index (κ2) is 21.0. The minimum Gasteiger partial charge on any atom is -0.370 e. The molecular weight excluding hydrogens is 1010 g/mol. The molecule has 4 atom stereocenters. The Kier molecular flexibility index (Phi) is 15.0. The van der Waals surface area contributed by atoms with Gasteiger partial charge in [-0.05, 0) is 53.1 Å². The van der Waals surface area contributed by atoms with E-state index in [2.05, 4.69) is 27.8 Å². The van der Waals surface area contributed by atoms with E-state index in [1.165, 1.54) is 45.0 Å². The molecule has 3 aromatic carbocycles. The van der Waals surface area contributed by atoms with Crippen molar-refractivity contribution in [2.75, 3.05) is 45.9 Å². The standard InChI is InChI=1S/C50H50F2N7O13PS/c1-49(2,3)42(55-44(64)37-24-30-23-31(14-16-36(30)74-37)50(51,52)73(69,70)71)48(68)58-20-19-56(26-34(58)46(66)57-21-22-72-35(27-57)28-9-5-4-6-10-28)40(62)25-39(61)53-18-8-12-29-11-7-13-32-41(29)47(67)59(45(32)65)33-15-17-38(60)54-43(33)63/h4-7,9-11,13-14,16,23-24,33-35,42H,15,17-22,25-27H2,1-3H3,(H,53,61)(H,55,64)(H,54,60,63)(H2,69,70,71)/t33?,34-,35-,42?/m0/s1. The molecule has 0 spiro atoms. The van der Waals surface area contributed by atoms with Crippen molar-refractivity contribution in [3.05, 3.63) is 105 Å². The van der Waals surface area contributed by atoms with Crippen LogP contribution in [-0.4, -0.2) is 147 Å². The number of fused-ring (bicyclic) bond motifs is 2. The van der Waals surface area contributed by atoms with E-state index < -0.39 is 108 Å². The lowest BCUT2D eigenvalue weighted by atomic mass is 9.85. The van der Waals surface area contributed by atoms with Gasteiger partial charge >= 0.3 is 13.3 Å². The third-order valence-electron chi connectivity index (χ3n) is 13.1. The maximum absolute atomic E-state index is 14.8. The number of alkyl halides is 2. The Labute approximate surface area is 425 Å². The van der Waals surface area contributed by atoms with Gasteiger partial charge in [0, 0.05) is 41.9 Å². The summed E-state index contributed by atoms with van der Waals surface area (Å²) in [6.07, 6.45) is -1.27. The molecular formula is C50H50F2N7O13PS. The van der Waals surface area contributed by atoms with Crippen LogP contribution in [-0.2, 0) is 43.7 Å². The molecule has 8 rings (SSSR count). The topological polar surface area (TPSA) is 269 Å². The van der Waals surface area contributed by atoms with Crippen LogP contribution in [0.4, 0.5) is 8.78 Å². The van der Waals surface area contributed by atoms with Crippen LogP contribution in [0.3, 0.4) is 0 Å². The average Bonchev–Trinajstić information content (AvgIpc) is 3.91. The van der Waals surface area contributed by atoms with Crippen LogP contribution in [0.1, 0.15) is 93.2 Å². The molecule has 5 heterocycles. The first-order valence-electron chi connectivity index (χ1n) is 23.4. The molecule has 20 nitrogen and oxygen atoms in total. The van der Waals surface area contributed by atoms with Crippen LogP contribution in [0.15, 0.2) is 72.8 Å². The predicted molar refractivity (Wildman–Crippen MR) is 260 cm³/mol. The van der Waals surface area contributed by atoms with Gasteiger partial charge in [0.1, 0.15) is 30.7 Å². The van der Waals surface area contributed by atoms with Crippen molar-refractivity contribution in [1.82, 2.24) is 35.6 Å². The smallest absolute Gasteiger partial charge is 0.370 e. The average molecular weight is 1060 g/mol. The summed E-state index contributed by atoms with van der Waals surface area (Å²) in [7, 11) is -5.88. The number of morpholine rings is 1. The molecule has 388 valence electrons. The van der Waals surface area contributed by atoms with E-state index in [0.717, 1.165) is 33.9 Å². The number of nitrogens with zero attached hydrogens (tertiary/aromatic N) is 4. The van der Waals surface area contributed by atoms with Crippen LogP contribution in [0.25, 0.3) is 10.1 Å². The number of nitrogens with one attached hydrogen (secondary N) is 3. The lowest BCUT2D eigenvalue weighted by Gasteiger charge is -2.45. The normalized spacial score (nSPS) is 19.9. The van der Waals surface area contributed by atoms with E-state index >= 15 is 0 Å². The van der Waals surface area contributed by atoms with Gasteiger partial charge in [-0.15, -0.1) is 11.3 Å². The van der Waals surface area contributed by atoms with Crippen molar-refractivity contribution in [3.63, 3.8) is 0 Å². The number of piperazine rings is 1. The third-order valence-corrected chi connectivity index (χ3v) is 15.2. The van der Waals surface area contributed by atoms with E-state index in [1.807, 2.05) is 30.3 Å². The molecule has 0 aliphatic carbocycles. The maximum atomic E-state index is 14.8. The fourth-order valence-corrected chi connectivity index (χ4v) is 10.6. The van der Waals surface area contributed by atoms with Crippen LogP contribution in [0.5, 0.6) is 0 Å². The van der Waals surface area contributed by atoms with Gasteiger partial charge in [-0.25, -0.2) is 0 Å². The highest BCUT2D eigenvalue weighted by Crippen LogP contribution is 2.59. The molecule has 0 bridgehead atoms. The van der Waals surface area contributed by atoms with Crippen LogP contribution in [0.2, 0.25) is 0 Å². The van der Waals surface area contributed by atoms with Crippen molar-refractivity contribution in [2.45, 2.75) is 69.9 Å². The van der Waals surface area contributed by atoms with Gasteiger partial charge in [0.2, 0.25) is 35.4 Å². The lowest BCUT2D eigenvalue weighted by molar-refractivity contribution is -0.158. The Morgan fingerprint density at radius 3 is 2.36 bits per heavy atom. The Morgan fingerprint density at radius 2 is 1.66 bits per heavy atom. The van der Waals surface area contributed by atoms with E-state index in [-0.39, 0.29) is 85.7 Å². The molecule has 0 radical (unpaired) electrons. The van der Waals surface area contributed by atoms with Crippen molar-refractivity contribution < 1.29 is 71.0 Å². The van der Waals surface area contributed by atoms with Crippen LogP contribution in [0, 0.1) is 17.3 Å². The molecule has 3 fully saturated rings. The predicted octanol–water partition coefficient (Wildman–Crippen LogP) is 2.87. The van der Waals surface area contributed by atoms with Gasteiger partial charge in [0.05, 0.1) is 42.2 Å². The fourth-order valence-electron chi connectivity index (χ4n) is 9.15. The number of carbonyl (C=O) groups is 9. The number of ether oxygens (including phenoxy) is 1. The highest BCUT2D eigenvalue weighted by atomic mass is 32.1. The molecule has 24 heteroatoms. The van der Waals surface area contributed by atoms with Crippen molar-refractivity contribution in [2.24, 2.45) is 5.41 Å². The summed E-state index contributed by atoms with van der Waals surface area (Å²) < 4.78 is 47.1. The second-order valence-corrected chi connectivity index (χ2v) is 21.8. The molecule has 1 aromatic heterocycles. The second-order valence-electron chi connectivity index (χ2n) is 19.1. The first-order valence-corrected chi connectivity index (χ1v) is 25.8. The zero-order chi connectivity index (χ0) is 53.4. The minimum absolute atomic E-state index is 0.000183. The number of thiophene rings is 1. The Balaban J connectivity index is 0.965. The molecule has 2 unspecified atom stereocenters. The van der Waals surface area contributed by atoms with Gasteiger partial charge in [0.15, 0.2) is 0 Å². The van der Waals surface area contributed by atoms with E-state index in [1.54, 1.807) is 20.8 Å².